The largest absolute Gasteiger partial charge is 0.480 e. The van der Waals surface area contributed by atoms with Gasteiger partial charge in [-0.1, -0.05) is 55.0 Å². The van der Waals surface area contributed by atoms with Crippen LogP contribution in [0.1, 0.15) is 62.0 Å². The summed E-state index contributed by atoms with van der Waals surface area (Å²) in [6, 6.07) is 15.4. The van der Waals surface area contributed by atoms with E-state index in [1.165, 1.54) is 0 Å². The average Bonchev–Trinajstić information content (AvgIpc) is 3.59. The Balaban J connectivity index is 1.16. The van der Waals surface area contributed by atoms with Crippen molar-refractivity contribution in [2.24, 2.45) is 11.3 Å². The van der Waals surface area contributed by atoms with E-state index in [1.54, 1.807) is 0 Å². The van der Waals surface area contributed by atoms with Crippen molar-refractivity contribution in [1.29, 1.82) is 0 Å². The lowest BCUT2D eigenvalue weighted by atomic mass is 9.48. The molecule has 0 radical (unpaired) electrons. The van der Waals surface area contributed by atoms with Crippen molar-refractivity contribution in [2.45, 2.75) is 62.4 Å². The normalized spacial score (nSPS) is 21.6. The van der Waals surface area contributed by atoms with E-state index in [0.29, 0.717) is 12.8 Å². The number of hydrogen-bond donors (Lipinski definition) is 3. The van der Waals surface area contributed by atoms with E-state index in [9.17, 15) is 19.5 Å². The molecule has 2 aromatic rings. The molecule has 6 rings (SSSR count). The van der Waals surface area contributed by atoms with E-state index < -0.39 is 29.6 Å². The zero-order valence-corrected chi connectivity index (χ0v) is 19.6. The Morgan fingerprint density at radius 3 is 2.09 bits per heavy atom. The van der Waals surface area contributed by atoms with Crippen molar-refractivity contribution in [3.63, 3.8) is 0 Å². The van der Waals surface area contributed by atoms with Crippen LogP contribution in [0.2, 0.25) is 0 Å². The second-order valence-electron chi connectivity index (χ2n) is 10.9. The lowest BCUT2D eigenvalue weighted by Gasteiger charge is -2.59. The summed E-state index contributed by atoms with van der Waals surface area (Å²) in [5.41, 5.74) is 3.54. The van der Waals surface area contributed by atoms with Crippen LogP contribution in [0.25, 0.3) is 11.1 Å². The number of hydrogen-bond acceptors (Lipinski definition) is 4. The zero-order valence-electron chi connectivity index (χ0n) is 19.6. The molecule has 2 aromatic carbocycles. The van der Waals surface area contributed by atoms with Crippen LogP contribution in [0.4, 0.5) is 4.79 Å². The lowest BCUT2D eigenvalue weighted by Crippen LogP contribution is -2.71. The van der Waals surface area contributed by atoms with Crippen LogP contribution in [0.5, 0.6) is 0 Å². The molecule has 3 fully saturated rings. The fourth-order valence-corrected chi connectivity index (χ4v) is 6.48. The monoisotopic (exact) mass is 474 g/mol. The number of carboxylic acid groups (broad SMARTS) is 1. The second-order valence-corrected chi connectivity index (χ2v) is 10.9. The fourth-order valence-electron chi connectivity index (χ4n) is 6.48. The predicted molar refractivity (Wildman–Crippen MR) is 129 cm³/mol. The smallest absolute Gasteiger partial charge is 0.408 e. The third-order valence-corrected chi connectivity index (χ3v) is 8.53. The van der Waals surface area contributed by atoms with Crippen LogP contribution < -0.4 is 10.6 Å². The Labute approximate surface area is 204 Å². The molecule has 0 saturated heterocycles. The number of amides is 2. The van der Waals surface area contributed by atoms with Gasteiger partial charge in [-0.2, -0.15) is 0 Å². The highest BCUT2D eigenvalue weighted by Gasteiger charge is 2.62. The van der Waals surface area contributed by atoms with Gasteiger partial charge in [-0.05, 0) is 72.1 Å². The molecule has 1 spiro atoms. The Morgan fingerprint density at radius 1 is 0.971 bits per heavy atom. The van der Waals surface area contributed by atoms with Gasteiger partial charge < -0.3 is 20.5 Å². The molecule has 0 aromatic heterocycles. The molecule has 4 aliphatic rings. The quantitative estimate of drug-likeness (QED) is 0.558. The number of carboxylic acids is 1. The van der Waals surface area contributed by atoms with Gasteiger partial charge in [0.25, 0.3) is 0 Å². The fraction of sp³-hybridized carbons (Fsp3) is 0.464. The molecule has 7 nitrogen and oxygen atoms in total. The number of rotatable bonds is 7. The topological polar surface area (TPSA) is 105 Å². The van der Waals surface area contributed by atoms with E-state index in [2.05, 4.69) is 34.9 Å². The molecule has 4 aliphatic carbocycles. The summed E-state index contributed by atoms with van der Waals surface area (Å²) in [6.45, 7) is 0.169. The number of carbonyl (C=O) groups is 3. The third kappa shape index (κ3) is 3.77. The molecule has 0 bridgehead atoms. The van der Waals surface area contributed by atoms with E-state index >= 15 is 0 Å². The van der Waals surface area contributed by atoms with Crippen molar-refractivity contribution in [3.05, 3.63) is 59.7 Å². The Hall–Kier alpha value is -3.35. The number of alkyl carbamates (subject to hydrolysis) is 1. The maximum absolute atomic E-state index is 13.3. The minimum Gasteiger partial charge on any atom is -0.480 e. The molecule has 3 N–H and O–H groups in total. The summed E-state index contributed by atoms with van der Waals surface area (Å²) in [4.78, 5) is 38.0. The zero-order chi connectivity index (χ0) is 24.2. The number of ether oxygens (including phenoxy) is 1. The van der Waals surface area contributed by atoms with E-state index in [0.717, 1.165) is 54.4 Å². The van der Waals surface area contributed by atoms with Crippen LogP contribution in [-0.2, 0) is 14.3 Å². The van der Waals surface area contributed by atoms with Gasteiger partial charge >= 0.3 is 12.1 Å². The molecule has 1 unspecified atom stereocenters. The highest BCUT2D eigenvalue weighted by Crippen LogP contribution is 2.60. The van der Waals surface area contributed by atoms with Crippen molar-refractivity contribution in [1.82, 2.24) is 10.6 Å². The van der Waals surface area contributed by atoms with Crippen LogP contribution in [0.3, 0.4) is 0 Å². The van der Waals surface area contributed by atoms with Gasteiger partial charge in [-0.25, -0.2) is 9.59 Å². The van der Waals surface area contributed by atoms with E-state index in [4.69, 9.17) is 4.74 Å². The molecule has 3 saturated carbocycles. The predicted octanol–water partition coefficient (Wildman–Crippen LogP) is 4.21. The van der Waals surface area contributed by atoms with Gasteiger partial charge in [0.05, 0.1) is 0 Å². The first kappa shape index (κ1) is 22.1. The highest BCUT2D eigenvalue weighted by atomic mass is 16.5. The Morgan fingerprint density at radius 2 is 1.57 bits per heavy atom. The lowest BCUT2D eigenvalue weighted by molar-refractivity contribution is -0.150. The standard InChI is InChI=1S/C28H30N2O5/c31-24(32)23(17-10-11-17)29-25(33)28(15-27(16-28)12-5-13-27)30-26(34)35-14-22-20-8-3-1-6-18(20)19-7-2-4-9-21(19)22/h1-4,6-9,17,22-23H,5,10-16H2,(H,29,33)(H,30,34)(H,31,32). The van der Waals surface area contributed by atoms with E-state index in [-0.39, 0.29) is 23.9 Å². The molecule has 7 heteroatoms. The SMILES string of the molecule is O=C(NC1(C(=O)NC(C(=O)O)C2CC2)CC2(CCC2)C1)OCC1c2ccccc2-c2ccccc21. The number of carbonyl (C=O) groups excluding carboxylic acids is 2. The van der Waals surface area contributed by atoms with Crippen LogP contribution >= 0.6 is 0 Å². The first-order valence-electron chi connectivity index (χ1n) is 12.6. The summed E-state index contributed by atoms with van der Waals surface area (Å²) >= 11 is 0. The number of fused-ring (bicyclic) bond motifs is 3. The average molecular weight is 475 g/mol. The molecule has 35 heavy (non-hydrogen) atoms. The van der Waals surface area contributed by atoms with Crippen LogP contribution in [0, 0.1) is 11.3 Å². The Kier molecular flexibility index (Phi) is 5.13. The van der Waals surface area contributed by atoms with Gasteiger partial charge in [-0.3, -0.25) is 4.79 Å². The van der Waals surface area contributed by atoms with Gasteiger partial charge in [0.1, 0.15) is 18.2 Å². The van der Waals surface area contributed by atoms with E-state index in [1.807, 2.05) is 24.3 Å². The number of benzene rings is 2. The minimum atomic E-state index is -1.11. The summed E-state index contributed by atoms with van der Waals surface area (Å²) in [5.74, 6) is -1.51. The van der Waals surface area contributed by atoms with Crippen molar-refractivity contribution >= 4 is 18.0 Å². The van der Waals surface area contributed by atoms with Crippen molar-refractivity contribution in [3.8, 4) is 11.1 Å². The third-order valence-electron chi connectivity index (χ3n) is 8.53. The van der Waals surface area contributed by atoms with Gasteiger partial charge in [0, 0.05) is 5.92 Å². The van der Waals surface area contributed by atoms with Crippen molar-refractivity contribution < 1.29 is 24.2 Å². The van der Waals surface area contributed by atoms with Crippen LogP contribution in [0.15, 0.2) is 48.5 Å². The Bertz CT molecular complexity index is 1150. The van der Waals surface area contributed by atoms with Gasteiger partial charge in [-0.15, -0.1) is 0 Å². The van der Waals surface area contributed by atoms with Gasteiger partial charge in [0.15, 0.2) is 0 Å². The first-order chi connectivity index (χ1) is 16.9. The second kappa shape index (κ2) is 8.11. The molecule has 2 amide bonds. The molecular formula is C28H30N2O5. The maximum atomic E-state index is 13.3. The maximum Gasteiger partial charge on any atom is 0.408 e. The van der Waals surface area contributed by atoms with Crippen molar-refractivity contribution in [2.75, 3.05) is 6.61 Å². The van der Waals surface area contributed by atoms with Crippen LogP contribution in [-0.4, -0.2) is 41.3 Å². The summed E-state index contributed by atoms with van der Waals surface area (Å²) in [6.07, 6.45) is 5.25. The molecule has 0 heterocycles. The molecule has 182 valence electrons. The minimum absolute atomic E-state index is 0.0271. The number of aliphatic carboxylic acids is 1. The highest BCUT2D eigenvalue weighted by molar-refractivity contribution is 5.94. The summed E-state index contributed by atoms with van der Waals surface area (Å²) in [7, 11) is 0. The molecular weight excluding hydrogens is 444 g/mol. The summed E-state index contributed by atoms with van der Waals surface area (Å²) < 4.78 is 5.71. The molecule has 1 atom stereocenters. The number of nitrogens with one attached hydrogen (secondary N) is 2. The summed E-state index contributed by atoms with van der Waals surface area (Å²) in [5, 5.41) is 15.2. The van der Waals surface area contributed by atoms with Gasteiger partial charge in [0.2, 0.25) is 5.91 Å². The molecule has 0 aliphatic heterocycles. The first-order valence-corrected chi connectivity index (χ1v) is 12.6.